The summed E-state index contributed by atoms with van der Waals surface area (Å²) in [6.45, 7) is 1.48. The summed E-state index contributed by atoms with van der Waals surface area (Å²) in [7, 11) is 0. The minimum atomic E-state index is -5.00. The van der Waals surface area contributed by atoms with Gasteiger partial charge in [0.2, 0.25) is 5.95 Å². The van der Waals surface area contributed by atoms with Gasteiger partial charge in [-0.3, -0.25) is 0 Å². The summed E-state index contributed by atoms with van der Waals surface area (Å²) in [5.74, 6) is -3.13. The Hall–Kier alpha value is -1.38. The molecule has 0 amide bonds. The Morgan fingerprint density at radius 3 is 2.58 bits per heavy atom. The topological polar surface area (TPSA) is 48.4 Å². The highest BCUT2D eigenvalue weighted by Crippen LogP contribution is 2.30. The van der Waals surface area contributed by atoms with Crippen LogP contribution in [0.3, 0.4) is 0 Å². The molecule has 106 valence electrons. The predicted molar refractivity (Wildman–Crippen MR) is 59.5 cm³/mol. The number of esters is 1. The lowest BCUT2D eigenvalue weighted by Gasteiger charge is -2.14. The first kappa shape index (κ1) is 15.7. The highest BCUT2D eigenvalue weighted by molar-refractivity contribution is 9.08. The molecule has 0 saturated carbocycles. The fraction of sp³-hybridized carbons (Fsp3) is 0.400. The van der Waals surface area contributed by atoms with E-state index in [1.165, 1.54) is 6.92 Å². The Bertz CT molecular complexity index is 479. The molecular formula is C10H8BrF4NO3. The van der Waals surface area contributed by atoms with Crippen LogP contribution in [0, 0.1) is 5.95 Å². The van der Waals surface area contributed by atoms with E-state index in [2.05, 4.69) is 30.4 Å². The van der Waals surface area contributed by atoms with Crippen molar-refractivity contribution in [1.29, 1.82) is 0 Å². The van der Waals surface area contributed by atoms with E-state index in [-0.39, 0.29) is 17.5 Å². The lowest BCUT2D eigenvalue weighted by molar-refractivity contribution is -0.275. The molecule has 0 spiro atoms. The maximum atomic E-state index is 13.1. The minimum Gasteiger partial charge on any atom is -0.461 e. The summed E-state index contributed by atoms with van der Waals surface area (Å²) in [5.41, 5.74) is -0.796. The van der Waals surface area contributed by atoms with E-state index in [1.807, 2.05) is 0 Å². The number of carbonyl (C=O) groups excluding carboxylic acids is 1. The van der Waals surface area contributed by atoms with Crippen molar-refractivity contribution in [2.75, 3.05) is 6.61 Å². The van der Waals surface area contributed by atoms with Gasteiger partial charge in [0, 0.05) is 17.0 Å². The normalized spacial score (nSPS) is 11.3. The molecule has 1 rings (SSSR count). The van der Waals surface area contributed by atoms with Gasteiger partial charge in [0.15, 0.2) is 5.69 Å². The van der Waals surface area contributed by atoms with Gasteiger partial charge in [0.05, 0.1) is 6.61 Å². The van der Waals surface area contributed by atoms with Crippen LogP contribution in [-0.2, 0) is 10.1 Å². The lowest BCUT2D eigenvalue weighted by Crippen LogP contribution is -2.20. The Kier molecular flexibility index (Phi) is 5.10. The van der Waals surface area contributed by atoms with Crippen LogP contribution in [0.15, 0.2) is 6.07 Å². The summed E-state index contributed by atoms with van der Waals surface area (Å²) in [6.07, 6.45) is -5.00. The molecule has 4 nitrogen and oxygen atoms in total. The number of aromatic nitrogens is 1. The number of hydrogen-bond acceptors (Lipinski definition) is 4. The number of halogens is 5. The maximum Gasteiger partial charge on any atom is 0.573 e. The SMILES string of the molecule is CCOC(=O)c1nc(F)cc(OC(F)(F)F)c1CBr. The largest absolute Gasteiger partial charge is 0.573 e. The van der Waals surface area contributed by atoms with Crippen LogP contribution in [0.5, 0.6) is 5.75 Å². The molecule has 0 fully saturated rings. The van der Waals surface area contributed by atoms with Crippen LogP contribution in [0.25, 0.3) is 0 Å². The zero-order chi connectivity index (χ0) is 14.6. The number of ether oxygens (including phenoxy) is 2. The first-order valence-corrected chi connectivity index (χ1v) is 6.09. The highest BCUT2D eigenvalue weighted by Gasteiger charge is 2.33. The van der Waals surface area contributed by atoms with Crippen molar-refractivity contribution < 1.29 is 31.8 Å². The van der Waals surface area contributed by atoms with Gasteiger partial charge in [-0.05, 0) is 6.92 Å². The molecule has 0 unspecified atom stereocenters. The van der Waals surface area contributed by atoms with Crippen LogP contribution < -0.4 is 4.74 Å². The number of pyridine rings is 1. The van der Waals surface area contributed by atoms with Gasteiger partial charge in [0.25, 0.3) is 0 Å². The third-order valence-corrected chi connectivity index (χ3v) is 2.44. The molecule has 1 aromatic heterocycles. The van der Waals surface area contributed by atoms with E-state index in [9.17, 15) is 22.4 Å². The molecule has 0 aliphatic carbocycles. The zero-order valence-corrected chi connectivity index (χ0v) is 11.1. The Labute approximate surface area is 113 Å². The third-order valence-electron chi connectivity index (χ3n) is 1.88. The summed E-state index contributed by atoms with van der Waals surface area (Å²) >= 11 is 2.89. The molecule has 0 saturated heterocycles. The van der Waals surface area contributed by atoms with Crippen molar-refractivity contribution in [3.63, 3.8) is 0 Å². The number of nitrogens with zero attached hydrogens (tertiary/aromatic N) is 1. The monoisotopic (exact) mass is 345 g/mol. The van der Waals surface area contributed by atoms with Gasteiger partial charge in [-0.2, -0.15) is 4.39 Å². The minimum absolute atomic E-state index is 0.0196. The molecule has 0 aromatic carbocycles. The second kappa shape index (κ2) is 6.18. The standard InChI is InChI=1S/C10H8BrF4NO3/c1-2-18-9(17)8-5(4-11)6(3-7(12)16-8)19-10(13,14)15/h3H,2,4H2,1H3. The molecule has 9 heteroatoms. The van der Waals surface area contributed by atoms with E-state index >= 15 is 0 Å². The molecule has 0 radical (unpaired) electrons. The van der Waals surface area contributed by atoms with Crippen LogP contribution in [-0.4, -0.2) is 23.9 Å². The van der Waals surface area contributed by atoms with E-state index in [0.717, 1.165) is 0 Å². The number of alkyl halides is 4. The van der Waals surface area contributed by atoms with E-state index < -0.39 is 29.7 Å². The molecule has 1 aromatic rings. The average Bonchev–Trinajstić information content (AvgIpc) is 2.26. The summed E-state index contributed by atoms with van der Waals surface area (Å²) in [4.78, 5) is 14.7. The highest BCUT2D eigenvalue weighted by atomic mass is 79.9. The first-order valence-electron chi connectivity index (χ1n) is 4.96. The van der Waals surface area contributed by atoms with Gasteiger partial charge in [-0.1, -0.05) is 15.9 Å². The van der Waals surface area contributed by atoms with Crippen molar-refractivity contribution in [3.05, 3.63) is 23.3 Å². The van der Waals surface area contributed by atoms with Crippen LogP contribution in [0.4, 0.5) is 17.6 Å². The van der Waals surface area contributed by atoms with Gasteiger partial charge in [0.1, 0.15) is 5.75 Å². The third kappa shape index (κ3) is 4.34. The van der Waals surface area contributed by atoms with Gasteiger partial charge in [-0.25, -0.2) is 9.78 Å². The second-order valence-electron chi connectivity index (χ2n) is 3.17. The summed E-state index contributed by atoms with van der Waals surface area (Å²) in [6, 6.07) is 0.451. The number of carbonyl (C=O) groups is 1. The van der Waals surface area contributed by atoms with Gasteiger partial charge >= 0.3 is 12.3 Å². The molecule has 19 heavy (non-hydrogen) atoms. The summed E-state index contributed by atoms with van der Waals surface area (Å²) in [5, 5.41) is -0.181. The fourth-order valence-electron chi connectivity index (χ4n) is 1.23. The fourth-order valence-corrected chi connectivity index (χ4v) is 1.77. The smallest absolute Gasteiger partial charge is 0.461 e. The Morgan fingerprint density at radius 1 is 1.47 bits per heavy atom. The van der Waals surface area contributed by atoms with Crippen LogP contribution >= 0.6 is 15.9 Å². The van der Waals surface area contributed by atoms with E-state index in [4.69, 9.17) is 0 Å². The molecule has 0 aliphatic heterocycles. The first-order chi connectivity index (χ1) is 8.78. The zero-order valence-electron chi connectivity index (χ0n) is 9.55. The lowest BCUT2D eigenvalue weighted by atomic mass is 10.2. The molecule has 0 aliphatic rings. The van der Waals surface area contributed by atoms with Crippen molar-refractivity contribution in [3.8, 4) is 5.75 Å². The van der Waals surface area contributed by atoms with Crippen molar-refractivity contribution in [1.82, 2.24) is 4.98 Å². The number of rotatable bonds is 4. The maximum absolute atomic E-state index is 13.1. The molecule has 0 atom stereocenters. The van der Waals surface area contributed by atoms with E-state index in [1.54, 1.807) is 0 Å². The van der Waals surface area contributed by atoms with E-state index in [0.29, 0.717) is 6.07 Å². The molecule has 0 N–H and O–H groups in total. The number of hydrogen-bond donors (Lipinski definition) is 0. The molecular weight excluding hydrogens is 338 g/mol. The van der Waals surface area contributed by atoms with Crippen LogP contribution in [0.2, 0.25) is 0 Å². The van der Waals surface area contributed by atoms with Crippen molar-refractivity contribution in [2.24, 2.45) is 0 Å². The summed E-state index contributed by atoms with van der Waals surface area (Å²) < 4.78 is 57.9. The Morgan fingerprint density at radius 2 is 2.11 bits per heavy atom. The molecule has 1 heterocycles. The van der Waals surface area contributed by atoms with Crippen molar-refractivity contribution in [2.45, 2.75) is 18.6 Å². The van der Waals surface area contributed by atoms with Crippen molar-refractivity contribution >= 4 is 21.9 Å². The quantitative estimate of drug-likeness (QED) is 0.364. The predicted octanol–water partition coefficient (Wildman–Crippen LogP) is 3.19. The Balaban J connectivity index is 3.28. The average molecular weight is 346 g/mol. The van der Waals surface area contributed by atoms with Crippen LogP contribution in [0.1, 0.15) is 23.0 Å². The van der Waals surface area contributed by atoms with Gasteiger partial charge in [-0.15, -0.1) is 13.2 Å². The second-order valence-corrected chi connectivity index (χ2v) is 3.73. The molecule has 0 bridgehead atoms. The van der Waals surface area contributed by atoms with Gasteiger partial charge < -0.3 is 9.47 Å².